The third-order valence-electron chi connectivity index (χ3n) is 6.10. The lowest BCUT2D eigenvalue weighted by Crippen LogP contribution is -2.39. The van der Waals surface area contributed by atoms with Crippen molar-refractivity contribution in [3.63, 3.8) is 0 Å². The van der Waals surface area contributed by atoms with Gasteiger partial charge in [0.15, 0.2) is 11.2 Å². The van der Waals surface area contributed by atoms with E-state index >= 15 is 0 Å². The van der Waals surface area contributed by atoms with Crippen LogP contribution in [0.1, 0.15) is 37.3 Å². The first-order chi connectivity index (χ1) is 14.9. The zero-order chi connectivity index (χ0) is 22.1. The fourth-order valence-corrected chi connectivity index (χ4v) is 4.33. The van der Waals surface area contributed by atoms with Crippen molar-refractivity contribution in [2.45, 2.75) is 38.3 Å². The van der Waals surface area contributed by atoms with Crippen LogP contribution in [-0.4, -0.2) is 43.1 Å². The molecular formula is C22H27N5O4. The van der Waals surface area contributed by atoms with Gasteiger partial charge in [0, 0.05) is 20.6 Å². The number of benzene rings is 1. The van der Waals surface area contributed by atoms with Crippen molar-refractivity contribution in [1.82, 2.24) is 23.6 Å². The summed E-state index contributed by atoms with van der Waals surface area (Å²) in [6, 6.07) is 7.82. The average molecular weight is 425 g/mol. The number of imidazole rings is 1. The summed E-state index contributed by atoms with van der Waals surface area (Å²) in [4.78, 5) is 44.4. The van der Waals surface area contributed by atoms with Gasteiger partial charge in [-0.05, 0) is 30.5 Å². The molecule has 0 unspecified atom stereocenters. The highest BCUT2D eigenvalue weighted by Gasteiger charge is 2.27. The molecule has 1 aromatic carbocycles. The number of rotatable bonds is 4. The van der Waals surface area contributed by atoms with Crippen LogP contribution in [0.4, 0.5) is 0 Å². The van der Waals surface area contributed by atoms with Gasteiger partial charge in [0.05, 0.1) is 19.5 Å². The van der Waals surface area contributed by atoms with Crippen molar-refractivity contribution in [2.24, 2.45) is 14.1 Å². The molecule has 31 heavy (non-hydrogen) atoms. The van der Waals surface area contributed by atoms with E-state index in [1.54, 1.807) is 18.7 Å². The Morgan fingerprint density at radius 3 is 2.55 bits per heavy atom. The van der Waals surface area contributed by atoms with Crippen LogP contribution < -0.4 is 16.0 Å². The summed E-state index contributed by atoms with van der Waals surface area (Å²) in [7, 11) is 4.63. The topological polar surface area (TPSA) is 91.4 Å². The van der Waals surface area contributed by atoms with E-state index < -0.39 is 11.2 Å². The highest BCUT2D eigenvalue weighted by Crippen LogP contribution is 2.31. The maximum atomic E-state index is 13.4. The van der Waals surface area contributed by atoms with E-state index in [1.807, 2.05) is 29.2 Å². The monoisotopic (exact) mass is 425 g/mol. The summed E-state index contributed by atoms with van der Waals surface area (Å²) in [5.41, 5.74) is 0.717. The number of hydrogen-bond donors (Lipinski definition) is 0. The van der Waals surface area contributed by atoms with Crippen LogP contribution in [0.25, 0.3) is 11.2 Å². The van der Waals surface area contributed by atoms with Gasteiger partial charge in [0.2, 0.25) is 5.91 Å². The Hall–Kier alpha value is -3.36. The van der Waals surface area contributed by atoms with E-state index in [-0.39, 0.29) is 29.7 Å². The van der Waals surface area contributed by atoms with Crippen LogP contribution >= 0.6 is 0 Å². The Morgan fingerprint density at radius 1 is 1.10 bits per heavy atom. The van der Waals surface area contributed by atoms with E-state index in [2.05, 4.69) is 4.98 Å². The molecule has 1 saturated heterocycles. The van der Waals surface area contributed by atoms with Gasteiger partial charge < -0.3 is 14.2 Å². The minimum atomic E-state index is -0.453. The maximum absolute atomic E-state index is 13.4. The van der Waals surface area contributed by atoms with Gasteiger partial charge in [-0.15, -0.1) is 0 Å². The first-order valence-corrected chi connectivity index (χ1v) is 10.5. The van der Waals surface area contributed by atoms with Crippen LogP contribution in [0.15, 0.2) is 40.2 Å². The summed E-state index contributed by atoms with van der Waals surface area (Å²) in [6.45, 7) is 0.662. The SMILES string of the molecule is COc1ccc([C@H]2CCCCCN2C(=O)Cn2cnc3c2c(=O)n(C)c(=O)n3C)cc1. The molecule has 3 aromatic rings. The smallest absolute Gasteiger partial charge is 0.332 e. The van der Waals surface area contributed by atoms with Crippen molar-refractivity contribution in [3.8, 4) is 5.75 Å². The molecule has 9 heteroatoms. The number of carbonyl (C=O) groups is 1. The molecule has 0 bridgehead atoms. The number of carbonyl (C=O) groups excluding carboxylic acids is 1. The van der Waals surface area contributed by atoms with Crippen LogP contribution in [0, 0.1) is 0 Å². The van der Waals surface area contributed by atoms with Crippen molar-refractivity contribution in [1.29, 1.82) is 0 Å². The van der Waals surface area contributed by atoms with Gasteiger partial charge in [-0.2, -0.15) is 0 Å². The van der Waals surface area contributed by atoms with Gasteiger partial charge in [-0.3, -0.25) is 18.7 Å². The molecule has 0 radical (unpaired) electrons. The van der Waals surface area contributed by atoms with Crippen LogP contribution in [0.5, 0.6) is 5.75 Å². The summed E-state index contributed by atoms with van der Waals surface area (Å²) in [5, 5.41) is 0. The van der Waals surface area contributed by atoms with Crippen LogP contribution in [0.3, 0.4) is 0 Å². The Labute approximate surface area is 179 Å². The van der Waals surface area contributed by atoms with E-state index in [1.165, 1.54) is 17.9 Å². The first-order valence-electron chi connectivity index (χ1n) is 10.5. The van der Waals surface area contributed by atoms with E-state index in [0.717, 1.165) is 41.6 Å². The summed E-state index contributed by atoms with van der Waals surface area (Å²) in [6.07, 6.45) is 5.42. The third kappa shape index (κ3) is 3.75. The fraction of sp³-hybridized carbons (Fsp3) is 0.455. The van der Waals surface area contributed by atoms with Gasteiger partial charge >= 0.3 is 5.69 Å². The maximum Gasteiger partial charge on any atom is 0.332 e. The standard InChI is InChI=1S/C22H27N5O4/c1-24-20-19(21(29)25(2)22(24)30)26(14-23-20)13-18(28)27-12-6-4-5-7-17(27)15-8-10-16(31-3)11-9-15/h8-11,14,17H,4-7,12-13H2,1-3H3/t17-/m1/s1. The third-order valence-corrected chi connectivity index (χ3v) is 6.10. The van der Waals surface area contributed by atoms with Crippen molar-refractivity contribution in [2.75, 3.05) is 13.7 Å². The predicted octanol–water partition coefficient (Wildman–Crippen LogP) is 1.59. The number of nitrogens with zero attached hydrogens (tertiary/aromatic N) is 5. The molecule has 0 saturated carbocycles. The Morgan fingerprint density at radius 2 is 1.84 bits per heavy atom. The summed E-state index contributed by atoms with van der Waals surface area (Å²) < 4.78 is 9.17. The number of hydrogen-bond acceptors (Lipinski definition) is 5. The molecule has 0 spiro atoms. The lowest BCUT2D eigenvalue weighted by Gasteiger charge is -2.31. The zero-order valence-corrected chi connectivity index (χ0v) is 18.1. The number of aromatic nitrogens is 4. The molecule has 3 heterocycles. The number of amides is 1. The highest BCUT2D eigenvalue weighted by atomic mass is 16.5. The van der Waals surface area contributed by atoms with Gasteiger partial charge in [0.1, 0.15) is 12.3 Å². The molecule has 164 valence electrons. The fourth-order valence-electron chi connectivity index (χ4n) is 4.33. The average Bonchev–Trinajstić information content (AvgIpc) is 3.03. The van der Waals surface area contributed by atoms with Crippen LogP contribution in [-0.2, 0) is 25.4 Å². The molecule has 0 N–H and O–H groups in total. The van der Waals surface area contributed by atoms with E-state index in [9.17, 15) is 14.4 Å². The van der Waals surface area contributed by atoms with Crippen molar-refractivity contribution < 1.29 is 9.53 Å². The van der Waals surface area contributed by atoms with Crippen LogP contribution in [0.2, 0.25) is 0 Å². The highest BCUT2D eigenvalue weighted by molar-refractivity contribution is 5.79. The van der Waals surface area contributed by atoms with Gasteiger partial charge in [-0.1, -0.05) is 25.0 Å². The molecule has 1 fully saturated rings. The second kappa shape index (κ2) is 8.41. The van der Waals surface area contributed by atoms with Gasteiger partial charge in [0.25, 0.3) is 5.56 Å². The molecule has 2 aromatic heterocycles. The lowest BCUT2D eigenvalue weighted by atomic mass is 10.0. The van der Waals surface area contributed by atoms with Crippen molar-refractivity contribution in [3.05, 3.63) is 57.0 Å². The Balaban J connectivity index is 1.67. The Bertz CT molecular complexity index is 1220. The van der Waals surface area contributed by atoms with Gasteiger partial charge in [-0.25, -0.2) is 9.78 Å². The minimum absolute atomic E-state index is 0.00337. The quantitative estimate of drug-likeness (QED) is 0.633. The summed E-state index contributed by atoms with van der Waals surface area (Å²) >= 11 is 0. The number of likely N-dealkylation sites (tertiary alicyclic amines) is 1. The number of ether oxygens (including phenoxy) is 1. The summed E-state index contributed by atoms with van der Waals surface area (Å²) in [5.74, 6) is 0.708. The molecular weight excluding hydrogens is 398 g/mol. The first kappa shape index (κ1) is 20.9. The molecule has 1 amide bonds. The minimum Gasteiger partial charge on any atom is -0.497 e. The Kier molecular flexibility index (Phi) is 5.67. The second-order valence-electron chi connectivity index (χ2n) is 7.98. The van der Waals surface area contributed by atoms with E-state index in [4.69, 9.17) is 4.74 Å². The number of aryl methyl sites for hydroxylation is 1. The van der Waals surface area contributed by atoms with E-state index in [0.29, 0.717) is 6.54 Å². The lowest BCUT2D eigenvalue weighted by molar-refractivity contribution is -0.134. The zero-order valence-electron chi connectivity index (χ0n) is 18.1. The molecule has 4 rings (SSSR count). The molecule has 1 aliphatic rings. The number of methoxy groups -OCH3 is 1. The molecule has 9 nitrogen and oxygen atoms in total. The van der Waals surface area contributed by atoms with Crippen molar-refractivity contribution >= 4 is 17.1 Å². The normalized spacial score (nSPS) is 17.0. The molecule has 0 aliphatic carbocycles. The molecule has 1 atom stereocenters. The second-order valence-corrected chi connectivity index (χ2v) is 7.98. The molecule has 1 aliphatic heterocycles. The predicted molar refractivity (Wildman–Crippen MR) is 116 cm³/mol. The largest absolute Gasteiger partial charge is 0.497 e. The number of fused-ring (bicyclic) bond motifs is 1.